The first-order valence-electron chi connectivity index (χ1n) is 6.60. The Bertz CT molecular complexity index is 428. The quantitative estimate of drug-likeness (QED) is 0.637. The number of carbonyl (C=O) groups excluding carboxylic acids is 1. The smallest absolute Gasteiger partial charge is 0.256 e. The van der Waals surface area contributed by atoms with Crippen molar-refractivity contribution in [3.63, 3.8) is 0 Å². The zero-order valence-corrected chi connectivity index (χ0v) is 11.3. The second-order valence-electron chi connectivity index (χ2n) is 4.88. The molecule has 0 radical (unpaired) electrons. The summed E-state index contributed by atoms with van der Waals surface area (Å²) < 4.78 is 5.17. The number of anilines is 1. The van der Waals surface area contributed by atoms with Gasteiger partial charge >= 0.3 is 0 Å². The van der Waals surface area contributed by atoms with Gasteiger partial charge in [0, 0.05) is 26.8 Å². The van der Waals surface area contributed by atoms with Crippen LogP contribution < -0.4 is 11.3 Å². The molecule has 0 aromatic heterocycles. The predicted octanol–water partition coefficient (Wildman–Crippen LogP) is 1.47. The lowest BCUT2D eigenvalue weighted by atomic mass is 9.97. The van der Waals surface area contributed by atoms with Gasteiger partial charge in [-0.3, -0.25) is 10.6 Å². The number of ether oxygens (including phenoxy) is 1. The van der Waals surface area contributed by atoms with E-state index in [1.165, 1.54) is 0 Å². The average Bonchev–Trinajstić information content (AvgIpc) is 2.47. The van der Waals surface area contributed by atoms with Gasteiger partial charge in [0.2, 0.25) is 0 Å². The molecular formula is C14H21N3O2. The molecule has 104 valence electrons. The minimum absolute atomic E-state index is 0.0458. The summed E-state index contributed by atoms with van der Waals surface area (Å²) >= 11 is 0. The van der Waals surface area contributed by atoms with Gasteiger partial charge in [0.05, 0.1) is 11.3 Å². The van der Waals surface area contributed by atoms with Crippen LogP contribution in [-0.4, -0.2) is 37.6 Å². The van der Waals surface area contributed by atoms with Crippen LogP contribution in [0.15, 0.2) is 24.3 Å². The van der Waals surface area contributed by atoms with Crippen molar-refractivity contribution in [2.45, 2.75) is 12.8 Å². The zero-order valence-electron chi connectivity index (χ0n) is 11.3. The lowest BCUT2D eigenvalue weighted by Gasteiger charge is -2.32. The first-order chi connectivity index (χ1) is 9.26. The summed E-state index contributed by atoms with van der Waals surface area (Å²) in [6, 6.07) is 7.33. The number of hydrogen-bond donors (Lipinski definition) is 2. The highest BCUT2D eigenvalue weighted by atomic mass is 16.5. The number of hydrazine groups is 1. The number of piperidine rings is 1. The van der Waals surface area contributed by atoms with E-state index < -0.39 is 0 Å². The third-order valence-corrected chi connectivity index (χ3v) is 3.62. The fraction of sp³-hybridized carbons (Fsp3) is 0.500. The standard InChI is InChI=1S/C14H21N3O2/c1-19-10-11-6-8-17(9-7-11)14(18)12-4-2-3-5-13(12)16-15/h2-5,11,16H,6-10,15H2,1H3. The van der Waals surface area contributed by atoms with Crippen molar-refractivity contribution >= 4 is 11.6 Å². The molecule has 0 atom stereocenters. The number of likely N-dealkylation sites (tertiary alicyclic amines) is 1. The lowest BCUT2D eigenvalue weighted by Crippen LogP contribution is -2.39. The molecular weight excluding hydrogens is 242 g/mol. The van der Waals surface area contributed by atoms with E-state index >= 15 is 0 Å². The van der Waals surface area contributed by atoms with E-state index in [0.29, 0.717) is 17.2 Å². The van der Waals surface area contributed by atoms with Crippen molar-refractivity contribution in [3.8, 4) is 0 Å². The number of para-hydroxylation sites is 1. The van der Waals surface area contributed by atoms with Crippen LogP contribution in [0.2, 0.25) is 0 Å². The molecule has 19 heavy (non-hydrogen) atoms. The molecule has 0 bridgehead atoms. The molecule has 1 aromatic rings. The second-order valence-corrected chi connectivity index (χ2v) is 4.88. The summed E-state index contributed by atoms with van der Waals surface area (Å²) in [6.45, 7) is 2.35. The van der Waals surface area contributed by atoms with Crippen molar-refractivity contribution < 1.29 is 9.53 Å². The molecule has 5 nitrogen and oxygen atoms in total. The average molecular weight is 263 g/mol. The van der Waals surface area contributed by atoms with Gasteiger partial charge in [-0.2, -0.15) is 0 Å². The van der Waals surface area contributed by atoms with Crippen molar-refractivity contribution in [2.75, 3.05) is 32.2 Å². The molecule has 5 heteroatoms. The van der Waals surface area contributed by atoms with E-state index in [9.17, 15) is 4.79 Å². The fourth-order valence-corrected chi connectivity index (χ4v) is 2.50. The van der Waals surface area contributed by atoms with E-state index in [-0.39, 0.29) is 5.91 Å². The Kier molecular flexibility index (Phi) is 4.76. The SMILES string of the molecule is COCC1CCN(C(=O)c2ccccc2NN)CC1. The molecule has 1 aliphatic rings. The number of methoxy groups -OCH3 is 1. The van der Waals surface area contributed by atoms with Gasteiger partial charge in [0.15, 0.2) is 0 Å². The fourth-order valence-electron chi connectivity index (χ4n) is 2.50. The normalized spacial score (nSPS) is 16.4. The number of rotatable bonds is 4. The number of carbonyl (C=O) groups is 1. The summed E-state index contributed by atoms with van der Waals surface area (Å²) in [7, 11) is 1.72. The molecule has 0 unspecified atom stereocenters. The zero-order chi connectivity index (χ0) is 13.7. The molecule has 0 saturated carbocycles. The van der Waals surface area contributed by atoms with Gasteiger partial charge < -0.3 is 15.1 Å². The highest BCUT2D eigenvalue weighted by Crippen LogP contribution is 2.22. The molecule has 0 spiro atoms. The monoisotopic (exact) mass is 263 g/mol. The van der Waals surface area contributed by atoms with Crippen LogP contribution in [0.5, 0.6) is 0 Å². The Morgan fingerprint density at radius 2 is 2.11 bits per heavy atom. The van der Waals surface area contributed by atoms with Crippen LogP contribution in [-0.2, 0) is 4.74 Å². The van der Waals surface area contributed by atoms with Gasteiger partial charge in [-0.25, -0.2) is 0 Å². The number of nitrogens with one attached hydrogen (secondary N) is 1. The minimum Gasteiger partial charge on any atom is -0.384 e. The summed E-state index contributed by atoms with van der Waals surface area (Å²) in [5, 5.41) is 0. The maximum absolute atomic E-state index is 12.4. The van der Waals surface area contributed by atoms with Crippen LogP contribution in [0, 0.1) is 5.92 Å². The second kappa shape index (κ2) is 6.54. The number of amides is 1. The summed E-state index contributed by atoms with van der Waals surface area (Å²) in [6.07, 6.45) is 2.00. The third-order valence-electron chi connectivity index (χ3n) is 3.62. The van der Waals surface area contributed by atoms with E-state index in [0.717, 1.165) is 32.5 Å². The van der Waals surface area contributed by atoms with E-state index in [4.69, 9.17) is 10.6 Å². The number of nitrogen functional groups attached to an aromatic ring is 1. The van der Waals surface area contributed by atoms with Crippen LogP contribution in [0.4, 0.5) is 5.69 Å². The van der Waals surface area contributed by atoms with E-state index in [1.807, 2.05) is 23.1 Å². The Balaban J connectivity index is 2.01. The Morgan fingerprint density at radius 1 is 1.42 bits per heavy atom. The Labute approximate surface area is 113 Å². The van der Waals surface area contributed by atoms with Crippen LogP contribution in [0.1, 0.15) is 23.2 Å². The summed E-state index contributed by atoms with van der Waals surface area (Å²) in [4.78, 5) is 14.3. The van der Waals surface area contributed by atoms with Gasteiger partial charge in [-0.05, 0) is 30.9 Å². The highest BCUT2D eigenvalue weighted by molar-refractivity contribution is 5.99. The topological polar surface area (TPSA) is 67.6 Å². The minimum atomic E-state index is 0.0458. The van der Waals surface area contributed by atoms with Gasteiger partial charge in [-0.15, -0.1) is 0 Å². The number of benzene rings is 1. The molecule has 1 fully saturated rings. The van der Waals surface area contributed by atoms with Crippen molar-refractivity contribution in [3.05, 3.63) is 29.8 Å². The molecule has 1 saturated heterocycles. The lowest BCUT2D eigenvalue weighted by molar-refractivity contribution is 0.0614. The maximum Gasteiger partial charge on any atom is 0.256 e. The molecule has 1 aliphatic heterocycles. The maximum atomic E-state index is 12.4. The molecule has 1 amide bonds. The van der Waals surface area contributed by atoms with Gasteiger partial charge in [0.25, 0.3) is 5.91 Å². The molecule has 1 heterocycles. The van der Waals surface area contributed by atoms with Crippen molar-refractivity contribution in [1.82, 2.24) is 4.90 Å². The number of hydrogen-bond acceptors (Lipinski definition) is 4. The summed E-state index contributed by atoms with van der Waals surface area (Å²) in [5.74, 6) is 6.05. The van der Waals surface area contributed by atoms with Gasteiger partial charge in [-0.1, -0.05) is 12.1 Å². The molecule has 3 N–H and O–H groups in total. The first kappa shape index (κ1) is 13.8. The Hall–Kier alpha value is -1.59. The van der Waals surface area contributed by atoms with Gasteiger partial charge in [0.1, 0.15) is 0 Å². The number of nitrogens with zero attached hydrogens (tertiary/aromatic N) is 1. The molecule has 2 rings (SSSR count). The largest absolute Gasteiger partial charge is 0.384 e. The molecule has 0 aliphatic carbocycles. The predicted molar refractivity (Wildman–Crippen MR) is 74.8 cm³/mol. The Morgan fingerprint density at radius 3 is 2.74 bits per heavy atom. The third kappa shape index (κ3) is 3.24. The van der Waals surface area contributed by atoms with Crippen molar-refractivity contribution in [1.29, 1.82) is 0 Å². The van der Waals surface area contributed by atoms with Crippen LogP contribution in [0.25, 0.3) is 0 Å². The number of nitrogens with two attached hydrogens (primary N) is 1. The van der Waals surface area contributed by atoms with Crippen LogP contribution >= 0.6 is 0 Å². The van der Waals surface area contributed by atoms with Crippen molar-refractivity contribution in [2.24, 2.45) is 11.8 Å². The van der Waals surface area contributed by atoms with E-state index in [1.54, 1.807) is 13.2 Å². The summed E-state index contributed by atoms with van der Waals surface area (Å²) in [5.41, 5.74) is 3.88. The van der Waals surface area contributed by atoms with E-state index in [2.05, 4.69) is 5.43 Å². The highest BCUT2D eigenvalue weighted by Gasteiger charge is 2.24. The first-order valence-corrected chi connectivity index (χ1v) is 6.60. The van der Waals surface area contributed by atoms with Crippen LogP contribution in [0.3, 0.4) is 0 Å². The molecule has 1 aromatic carbocycles.